The van der Waals surface area contributed by atoms with Crippen LogP contribution in [0, 0.1) is 0 Å². The minimum Gasteiger partial charge on any atom is -0.300 e. The number of para-hydroxylation sites is 2. The second-order valence-corrected chi connectivity index (χ2v) is 8.38. The van der Waals surface area contributed by atoms with Crippen molar-refractivity contribution in [3.8, 4) is 0 Å². The van der Waals surface area contributed by atoms with Gasteiger partial charge in [0.15, 0.2) is 5.78 Å². The summed E-state index contributed by atoms with van der Waals surface area (Å²) in [5.74, 6) is 0.490. The Morgan fingerprint density at radius 1 is 1.03 bits per heavy atom. The topological polar surface area (TPSA) is 55.1 Å². The number of ketones is 1. The average molecular weight is 432 g/mol. The summed E-state index contributed by atoms with van der Waals surface area (Å²) in [5.41, 5.74) is 8.96. The molecule has 1 saturated heterocycles. The van der Waals surface area contributed by atoms with Crippen molar-refractivity contribution in [1.29, 1.82) is 0 Å². The number of piperidine rings is 1. The molecule has 2 aromatic carbocycles. The fourth-order valence-electron chi connectivity index (χ4n) is 4.08. The van der Waals surface area contributed by atoms with Crippen LogP contribution in [0.15, 0.2) is 42.5 Å². The number of anilines is 1. The molecule has 1 aliphatic rings. The molecule has 2 heterocycles. The van der Waals surface area contributed by atoms with Crippen LogP contribution in [0.5, 0.6) is 0 Å². The fourth-order valence-corrected chi connectivity index (χ4v) is 4.60. The third-order valence-corrected chi connectivity index (χ3v) is 6.19. The highest BCUT2D eigenvalue weighted by Gasteiger charge is 2.24. The lowest BCUT2D eigenvalue weighted by Gasteiger charge is -2.25. The van der Waals surface area contributed by atoms with Crippen molar-refractivity contribution in [1.82, 2.24) is 9.47 Å². The molecule has 0 saturated carbocycles. The van der Waals surface area contributed by atoms with Crippen LogP contribution in [0.25, 0.3) is 11.0 Å². The standard InChI is InChI=1S/C22H24Cl2N4O/c23-16-8-9-17(18(24)14-16)21(29)15-28-20-7-3-2-6-19(20)27(22(28)25)13-12-26-10-4-1-5-11-26/h2-3,6-9,14,25H,1,4-5,10-13,15H2/p+1. The summed E-state index contributed by atoms with van der Waals surface area (Å²) in [6.45, 7) is 4.18. The summed E-state index contributed by atoms with van der Waals surface area (Å²) >= 11 is 12.2. The van der Waals surface area contributed by atoms with E-state index in [1.165, 1.54) is 19.3 Å². The first-order valence-electron chi connectivity index (χ1n) is 10.0. The smallest absolute Gasteiger partial charge is 0.300 e. The van der Waals surface area contributed by atoms with Gasteiger partial charge in [0, 0.05) is 17.1 Å². The number of nitrogens with zero attached hydrogens (tertiary/aromatic N) is 3. The summed E-state index contributed by atoms with van der Waals surface area (Å²) in [7, 11) is 0. The molecule has 1 fully saturated rings. The van der Waals surface area contributed by atoms with Gasteiger partial charge in [0.25, 0.3) is 0 Å². The van der Waals surface area contributed by atoms with E-state index in [9.17, 15) is 4.79 Å². The van der Waals surface area contributed by atoms with Gasteiger partial charge in [-0.15, -0.1) is 0 Å². The van der Waals surface area contributed by atoms with Gasteiger partial charge in [0.1, 0.15) is 17.6 Å². The number of hydrogen-bond acceptors (Lipinski definition) is 3. The van der Waals surface area contributed by atoms with Crippen molar-refractivity contribution in [2.24, 2.45) is 0 Å². The van der Waals surface area contributed by atoms with E-state index in [0.29, 0.717) is 21.6 Å². The van der Waals surface area contributed by atoms with Crippen LogP contribution in [0.4, 0.5) is 5.95 Å². The first kappa shape index (κ1) is 20.2. The zero-order chi connectivity index (χ0) is 20.4. The predicted molar refractivity (Wildman–Crippen MR) is 118 cm³/mol. The van der Waals surface area contributed by atoms with Crippen LogP contribution in [0.3, 0.4) is 0 Å². The van der Waals surface area contributed by atoms with Crippen molar-refractivity contribution < 1.29 is 9.36 Å². The monoisotopic (exact) mass is 431 g/mol. The maximum absolute atomic E-state index is 12.9. The van der Waals surface area contributed by atoms with Crippen molar-refractivity contribution in [2.45, 2.75) is 32.4 Å². The van der Waals surface area contributed by atoms with E-state index in [-0.39, 0.29) is 12.3 Å². The molecule has 0 unspecified atom stereocenters. The zero-order valence-corrected chi connectivity index (χ0v) is 17.8. The fraction of sp³-hybridized carbons (Fsp3) is 0.364. The molecule has 0 radical (unpaired) electrons. The molecule has 0 spiro atoms. The lowest BCUT2D eigenvalue weighted by Crippen LogP contribution is -2.41. The molecule has 0 amide bonds. The van der Waals surface area contributed by atoms with Crippen LogP contribution >= 0.6 is 23.2 Å². The first-order valence-corrected chi connectivity index (χ1v) is 10.8. The van der Waals surface area contributed by atoms with E-state index in [4.69, 9.17) is 28.9 Å². The summed E-state index contributed by atoms with van der Waals surface area (Å²) in [4.78, 5) is 15.4. The van der Waals surface area contributed by atoms with Crippen LogP contribution in [0.2, 0.25) is 10.0 Å². The number of benzene rings is 2. The molecule has 29 heavy (non-hydrogen) atoms. The highest BCUT2D eigenvalue weighted by atomic mass is 35.5. The number of likely N-dealkylation sites (tertiary alicyclic amines) is 1. The Morgan fingerprint density at radius 3 is 2.55 bits per heavy atom. The minimum atomic E-state index is -0.0951. The highest BCUT2D eigenvalue weighted by Crippen LogP contribution is 2.22. The number of carbonyl (C=O) groups is 1. The Balaban J connectivity index is 1.62. The Hall–Kier alpha value is -2.08. The van der Waals surface area contributed by atoms with Gasteiger partial charge in [-0.3, -0.25) is 10.5 Å². The molecule has 0 atom stereocenters. The largest absolute Gasteiger partial charge is 0.356 e. The molecule has 3 aromatic rings. The van der Waals surface area contributed by atoms with E-state index in [0.717, 1.165) is 37.2 Å². The summed E-state index contributed by atoms with van der Waals surface area (Å²) in [5, 5.41) is 0.864. The molecular weight excluding hydrogens is 407 g/mol. The van der Waals surface area contributed by atoms with E-state index < -0.39 is 0 Å². The van der Waals surface area contributed by atoms with Gasteiger partial charge < -0.3 is 4.90 Å². The van der Waals surface area contributed by atoms with Crippen LogP contribution in [-0.2, 0) is 13.1 Å². The summed E-state index contributed by atoms with van der Waals surface area (Å²) in [6.07, 6.45) is 3.84. The highest BCUT2D eigenvalue weighted by molar-refractivity contribution is 6.36. The van der Waals surface area contributed by atoms with Crippen molar-refractivity contribution in [2.75, 3.05) is 25.4 Å². The number of Topliss-reactive ketones (excluding diaryl/α,β-unsaturated/α-hetero) is 1. The average Bonchev–Trinajstić information content (AvgIpc) is 2.98. The normalized spacial score (nSPS) is 15.1. The number of hydrogen-bond donors (Lipinski definition) is 1. The van der Waals surface area contributed by atoms with E-state index in [1.807, 2.05) is 22.8 Å². The lowest BCUT2D eigenvalue weighted by molar-refractivity contribution is -0.642. The molecule has 0 bridgehead atoms. The number of rotatable bonds is 6. The molecular formula is C22H25Cl2N4O+. The van der Waals surface area contributed by atoms with Gasteiger partial charge in [0.05, 0.1) is 11.6 Å². The summed E-state index contributed by atoms with van der Waals surface area (Å²) < 4.78 is 3.99. The van der Waals surface area contributed by atoms with Gasteiger partial charge in [-0.2, -0.15) is 0 Å². The number of imidazole rings is 1. The summed E-state index contributed by atoms with van der Waals surface area (Å²) in [6, 6.07) is 13.0. The quantitative estimate of drug-likeness (QED) is 0.470. The van der Waals surface area contributed by atoms with E-state index in [2.05, 4.69) is 15.5 Å². The molecule has 1 aliphatic heterocycles. The van der Waals surface area contributed by atoms with E-state index in [1.54, 1.807) is 18.2 Å². The first-order chi connectivity index (χ1) is 14.0. The lowest BCUT2D eigenvalue weighted by atomic mass is 10.1. The zero-order valence-electron chi connectivity index (χ0n) is 16.3. The van der Waals surface area contributed by atoms with Crippen molar-refractivity contribution in [3.05, 3.63) is 58.1 Å². The minimum absolute atomic E-state index is 0.0951. The predicted octanol–water partition coefficient (Wildman–Crippen LogP) is 4.19. The second kappa shape index (κ2) is 8.74. The molecule has 7 heteroatoms. The number of aromatic nitrogens is 2. The van der Waals surface area contributed by atoms with Gasteiger partial charge >= 0.3 is 5.95 Å². The number of carbonyl (C=O) groups excluding carboxylic acids is 1. The van der Waals surface area contributed by atoms with Crippen molar-refractivity contribution in [3.63, 3.8) is 0 Å². The van der Waals surface area contributed by atoms with Gasteiger partial charge in [-0.05, 0) is 56.3 Å². The molecule has 2 N–H and O–H groups in total. The maximum atomic E-state index is 12.9. The maximum Gasteiger partial charge on any atom is 0.356 e. The third kappa shape index (κ3) is 4.27. The SMILES string of the molecule is Nc1n(CCN2CCCCC2)c2ccccc2[n+]1CC(=O)c1ccc(Cl)cc1Cl. The van der Waals surface area contributed by atoms with Crippen molar-refractivity contribution >= 4 is 46.0 Å². The van der Waals surface area contributed by atoms with Crippen LogP contribution in [-0.4, -0.2) is 34.9 Å². The molecule has 152 valence electrons. The number of nitrogen functional groups attached to an aromatic ring is 1. The Bertz CT molecular complexity index is 1040. The van der Waals surface area contributed by atoms with Crippen LogP contribution in [0.1, 0.15) is 29.6 Å². The number of halogens is 2. The van der Waals surface area contributed by atoms with Gasteiger partial charge in [-0.1, -0.05) is 41.8 Å². The van der Waals surface area contributed by atoms with E-state index >= 15 is 0 Å². The molecule has 5 nitrogen and oxygen atoms in total. The number of nitrogens with two attached hydrogens (primary N) is 1. The number of fused-ring (bicyclic) bond motifs is 1. The van der Waals surface area contributed by atoms with Crippen LogP contribution < -0.4 is 10.3 Å². The Labute approximate surface area is 180 Å². The van der Waals surface area contributed by atoms with Gasteiger partial charge in [0.2, 0.25) is 0 Å². The molecule has 4 rings (SSSR count). The third-order valence-electron chi connectivity index (χ3n) is 5.64. The second-order valence-electron chi connectivity index (χ2n) is 7.53. The Kier molecular flexibility index (Phi) is 6.09. The Morgan fingerprint density at radius 2 is 1.79 bits per heavy atom. The molecule has 0 aliphatic carbocycles. The molecule has 1 aromatic heterocycles. The van der Waals surface area contributed by atoms with Gasteiger partial charge in [-0.25, -0.2) is 9.13 Å².